The Hall–Kier alpha value is -1.22. The van der Waals surface area contributed by atoms with E-state index in [0.717, 1.165) is 22.8 Å². The summed E-state index contributed by atoms with van der Waals surface area (Å²) < 4.78 is 0. The average molecular weight is 205 g/mol. The summed E-state index contributed by atoms with van der Waals surface area (Å²) in [6, 6.07) is 9.37. The smallest absolute Gasteiger partial charge is 0.200 e. The Kier molecular flexibility index (Phi) is 2.89. The van der Waals surface area contributed by atoms with Crippen LogP contribution in [-0.4, -0.2) is 18.1 Å². The van der Waals surface area contributed by atoms with Crippen LogP contribution in [0.25, 0.3) is 0 Å². The maximum atomic E-state index is 11.9. The zero-order valence-corrected chi connectivity index (χ0v) is 8.51. The first-order valence-corrected chi connectivity index (χ1v) is 5.52. The Morgan fingerprint density at radius 2 is 2.07 bits per heavy atom. The van der Waals surface area contributed by atoms with Crippen LogP contribution in [0.4, 0.5) is 0 Å². The molecule has 0 saturated heterocycles. The molecule has 3 heteroatoms. The van der Waals surface area contributed by atoms with Gasteiger partial charge in [0.2, 0.25) is 5.78 Å². The van der Waals surface area contributed by atoms with E-state index < -0.39 is 0 Å². The summed E-state index contributed by atoms with van der Waals surface area (Å²) in [4.78, 5) is 12.7. The highest BCUT2D eigenvalue weighted by Crippen LogP contribution is 2.21. The second-order valence-electron chi connectivity index (χ2n) is 3.01. The fraction of sp³-hybridized carbons (Fsp3) is 0.182. The van der Waals surface area contributed by atoms with Gasteiger partial charge >= 0.3 is 0 Å². The van der Waals surface area contributed by atoms with Crippen LogP contribution < -0.4 is 5.32 Å². The lowest BCUT2D eigenvalue weighted by Crippen LogP contribution is -2.18. The van der Waals surface area contributed by atoms with E-state index in [-0.39, 0.29) is 5.78 Å². The number of hydrogen-bond donors (Lipinski definition) is 1. The number of carbonyl (C=O) groups is 1. The number of allylic oxidation sites excluding steroid dienone is 1. The van der Waals surface area contributed by atoms with Gasteiger partial charge in [-0.1, -0.05) is 30.3 Å². The molecule has 0 bridgehead atoms. The normalized spacial score (nSPS) is 15.6. The Labute approximate surface area is 87.4 Å². The number of benzene rings is 1. The van der Waals surface area contributed by atoms with Crippen molar-refractivity contribution in [1.29, 1.82) is 0 Å². The van der Waals surface area contributed by atoms with Crippen LogP contribution in [0.1, 0.15) is 10.4 Å². The van der Waals surface area contributed by atoms with Crippen LogP contribution in [0, 0.1) is 0 Å². The third kappa shape index (κ3) is 1.99. The van der Waals surface area contributed by atoms with Crippen LogP contribution in [0.15, 0.2) is 41.4 Å². The molecule has 0 unspecified atom stereocenters. The third-order valence-electron chi connectivity index (χ3n) is 2.00. The molecule has 0 amide bonds. The molecule has 0 aromatic heterocycles. The summed E-state index contributed by atoms with van der Waals surface area (Å²) in [5.74, 6) is 1.08. The van der Waals surface area contributed by atoms with Gasteiger partial charge in [-0.2, -0.15) is 0 Å². The molecule has 1 aromatic rings. The number of nitrogens with one attached hydrogen (secondary N) is 1. The number of hydrogen-bond acceptors (Lipinski definition) is 3. The van der Waals surface area contributed by atoms with E-state index in [4.69, 9.17) is 0 Å². The van der Waals surface area contributed by atoms with E-state index in [9.17, 15) is 4.79 Å². The van der Waals surface area contributed by atoms with Gasteiger partial charge in [0.05, 0.1) is 4.91 Å². The summed E-state index contributed by atoms with van der Waals surface area (Å²) in [5.41, 5.74) is 0.759. The fourth-order valence-electron chi connectivity index (χ4n) is 1.29. The lowest BCUT2D eigenvalue weighted by Gasteiger charge is -2.12. The Morgan fingerprint density at radius 3 is 2.71 bits per heavy atom. The molecular formula is C11H11NOS. The number of thioether (sulfide) groups is 1. The molecule has 14 heavy (non-hydrogen) atoms. The number of rotatable bonds is 2. The summed E-state index contributed by atoms with van der Waals surface area (Å²) in [6.45, 7) is 0.941. The van der Waals surface area contributed by atoms with E-state index in [2.05, 4.69) is 5.32 Å². The van der Waals surface area contributed by atoms with Gasteiger partial charge in [-0.3, -0.25) is 4.79 Å². The lowest BCUT2D eigenvalue weighted by molar-refractivity contribution is 0.104. The summed E-state index contributed by atoms with van der Waals surface area (Å²) in [7, 11) is 0. The van der Waals surface area contributed by atoms with E-state index in [1.54, 1.807) is 11.8 Å². The molecular weight excluding hydrogens is 194 g/mol. The highest BCUT2D eigenvalue weighted by Gasteiger charge is 2.14. The highest BCUT2D eigenvalue weighted by atomic mass is 32.2. The predicted molar refractivity (Wildman–Crippen MR) is 59.3 cm³/mol. The quantitative estimate of drug-likeness (QED) is 0.749. The molecule has 1 aromatic carbocycles. The van der Waals surface area contributed by atoms with Crippen LogP contribution in [0.3, 0.4) is 0 Å². The van der Waals surface area contributed by atoms with Crippen molar-refractivity contribution in [2.45, 2.75) is 0 Å². The number of ketones is 1. The van der Waals surface area contributed by atoms with E-state index in [0.29, 0.717) is 0 Å². The molecule has 2 rings (SSSR count). The molecule has 1 heterocycles. The largest absolute Gasteiger partial charge is 0.389 e. The van der Waals surface area contributed by atoms with Gasteiger partial charge < -0.3 is 5.32 Å². The van der Waals surface area contributed by atoms with Crippen molar-refractivity contribution in [3.63, 3.8) is 0 Å². The van der Waals surface area contributed by atoms with E-state index >= 15 is 0 Å². The van der Waals surface area contributed by atoms with Crippen LogP contribution in [-0.2, 0) is 0 Å². The van der Waals surface area contributed by atoms with Crippen LogP contribution in [0.2, 0.25) is 0 Å². The van der Waals surface area contributed by atoms with Crippen LogP contribution in [0.5, 0.6) is 0 Å². The van der Waals surface area contributed by atoms with Gasteiger partial charge in [0, 0.05) is 24.1 Å². The van der Waals surface area contributed by atoms with Gasteiger partial charge in [0.25, 0.3) is 0 Å². The molecule has 0 aliphatic carbocycles. The van der Waals surface area contributed by atoms with Crippen molar-refractivity contribution in [2.24, 2.45) is 0 Å². The third-order valence-corrected chi connectivity index (χ3v) is 3.02. The maximum Gasteiger partial charge on any atom is 0.200 e. The SMILES string of the molecule is O=C(C1=CNCCS1)c1ccccc1. The summed E-state index contributed by atoms with van der Waals surface area (Å²) >= 11 is 1.62. The topological polar surface area (TPSA) is 29.1 Å². The van der Waals surface area contributed by atoms with E-state index in [1.807, 2.05) is 36.5 Å². The average Bonchev–Trinajstić information content (AvgIpc) is 2.30. The Balaban J connectivity index is 2.20. The molecule has 2 nitrogen and oxygen atoms in total. The monoisotopic (exact) mass is 205 g/mol. The van der Waals surface area contributed by atoms with E-state index in [1.165, 1.54) is 0 Å². The molecule has 0 saturated carbocycles. The molecule has 0 fully saturated rings. The lowest BCUT2D eigenvalue weighted by atomic mass is 10.1. The molecule has 72 valence electrons. The number of Topliss-reactive ketones (excluding diaryl/α,β-unsaturated/α-hetero) is 1. The maximum absolute atomic E-state index is 11.9. The van der Waals surface area contributed by atoms with Crippen molar-refractivity contribution < 1.29 is 4.79 Å². The van der Waals surface area contributed by atoms with Gasteiger partial charge in [-0.15, -0.1) is 11.8 Å². The summed E-state index contributed by atoms with van der Waals surface area (Å²) in [6.07, 6.45) is 1.81. The van der Waals surface area contributed by atoms with Crippen molar-refractivity contribution in [1.82, 2.24) is 5.32 Å². The minimum absolute atomic E-state index is 0.114. The Morgan fingerprint density at radius 1 is 1.29 bits per heavy atom. The standard InChI is InChI=1S/C11H11NOS/c13-11(9-4-2-1-3-5-9)10-8-12-6-7-14-10/h1-5,8,12H,6-7H2. The van der Waals surface area contributed by atoms with Crippen LogP contribution >= 0.6 is 11.8 Å². The van der Waals surface area contributed by atoms with Gasteiger partial charge in [-0.25, -0.2) is 0 Å². The fourth-order valence-corrected chi connectivity index (χ4v) is 2.14. The van der Waals surface area contributed by atoms with Crippen molar-refractivity contribution >= 4 is 17.5 Å². The molecule has 1 aliphatic heterocycles. The second kappa shape index (κ2) is 4.33. The Bertz CT molecular complexity index is 359. The zero-order valence-electron chi connectivity index (χ0n) is 7.69. The first-order valence-electron chi connectivity index (χ1n) is 4.54. The second-order valence-corrected chi connectivity index (χ2v) is 4.14. The van der Waals surface area contributed by atoms with Gasteiger partial charge in [-0.05, 0) is 0 Å². The number of carbonyl (C=O) groups excluding carboxylic acids is 1. The first-order chi connectivity index (χ1) is 6.88. The summed E-state index contributed by atoms with van der Waals surface area (Å²) in [5, 5.41) is 3.08. The molecule has 1 N–H and O–H groups in total. The molecule has 0 radical (unpaired) electrons. The molecule has 1 aliphatic rings. The minimum atomic E-state index is 0.114. The minimum Gasteiger partial charge on any atom is -0.389 e. The predicted octanol–water partition coefficient (Wildman–Crippen LogP) is 2.05. The zero-order chi connectivity index (χ0) is 9.80. The highest BCUT2D eigenvalue weighted by molar-refractivity contribution is 8.04. The van der Waals surface area contributed by atoms with Gasteiger partial charge in [0.15, 0.2) is 0 Å². The molecule has 0 spiro atoms. The first kappa shape index (κ1) is 9.34. The van der Waals surface area contributed by atoms with Gasteiger partial charge in [0.1, 0.15) is 0 Å². The van der Waals surface area contributed by atoms with Crippen molar-refractivity contribution in [3.05, 3.63) is 47.0 Å². The molecule has 0 atom stereocenters. The van der Waals surface area contributed by atoms with Crippen molar-refractivity contribution in [3.8, 4) is 0 Å². The van der Waals surface area contributed by atoms with Crippen molar-refractivity contribution in [2.75, 3.05) is 12.3 Å².